The van der Waals surface area contributed by atoms with Crippen LogP contribution in [0.2, 0.25) is 0 Å². The Balaban J connectivity index is 2.07. The van der Waals surface area contributed by atoms with Gasteiger partial charge in [0.25, 0.3) is 0 Å². The van der Waals surface area contributed by atoms with Crippen LogP contribution in [-0.4, -0.2) is 5.75 Å². The first-order valence-electron chi connectivity index (χ1n) is 6.83. The van der Waals surface area contributed by atoms with Gasteiger partial charge in [0.15, 0.2) is 0 Å². The molecule has 0 saturated carbocycles. The second-order valence-electron chi connectivity index (χ2n) is 5.19. The molecule has 1 atom stereocenters. The van der Waals surface area contributed by atoms with Gasteiger partial charge >= 0.3 is 0 Å². The van der Waals surface area contributed by atoms with Gasteiger partial charge in [-0.05, 0) is 49.6 Å². The summed E-state index contributed by atoms with van der Waals surface area (Å²) in [5, 5.41) is 0. The van der Waals surface area contributed by atoms with Crippen molar-refractivity contribution in [3.63, 3.8) is 0 Å². The summed E-state index contributed by atoms with van der Waals surface area (Å²) in [6, 6.07) is 15.3. The van der Waals surface area contributed by atoms with Crippen LogP contribution in [0.25, 0.3) is 0 Å². The number of nitrogens with one attached hydrogen (secondary N) is 1. The third-order valence-electron chi connectivity index (χ3n) is 3.54. The summed E-state index contributed by atoms with van der Waals surface area (Å²) < 4.78 is 0. The summed E-state index contributed by atoms with van der Waals surface area (Å²) >= 11 is 1.83. The van der Waals surface area contributed by atoms with Crippen molar-refractivity contribution in [1.29, 1.82) is 0 Å². The third-order valence-corrected chi connectivity index (χ3v) is 4.63. The first-order chi connectivity index (χ1) is 9.60. The number of thioether (sulfide) groups is 1. The summed E-state index contributed by atoms with van der Waals surface area (Å²) in [6.45, 7) is 6.39. The lowest BCUT2D eigenvalue weighted by atomic mass is 10.0. The number of benzene rings is 2. The lowest BCUT2D eigenvalue weighted by molar-refractivity contribution is 0.610. The quantitative estimate of drug-likeness (QED) is 0.497. The van der Waals surface area contributed by atoms with E-state index in [1.807, 2.05) is 11.8 Å². The van der Waals surface area contributed by atoms with Crippen LogP contribution in [0.1, 0.15) is 28.3 Å². The molecule has 0 aliphatic rings. The molecule has 0 saturated heterocycles. The Hall–Kier alpha value is -1.29. The molecule has 0 amide bonds. The summed E-state index contributed by atoms with van der Waals surface area (Å²) in [6.07, 6.45) is 0. The van der Waals surface area contributed by atoms with Gasteiger partial charge in [-0.3, -0.25) is 11.3 Å². The van der Waals surface area contributed by atoms with E-state index in [0.29, 0.717) is 0 Å². The van der Waals surface area contributed by atoms with Crippen LogP contribution >= 0.6 is 11.8 Å². The average molecular weight is 286 g/mol. The molecule has 0 aromatic heterocycles. The van der Waals surface area contributed by atoms with Crippen molar-refractivity contribution in [2.75, 3.05) is 5.75 Å². The minimum atomic E-state index is 0.166. The van der Waals surface area contributed by atoms with Crippen LogP contribution < -0.4 is 11.3 Å². The Labute approximate surface area is 125 Å². The largest absolute Gasteiger partial charge is 0.271 e. The average Bonchev–Trinajstić information content (AvgIpc) is 2.43. The predicted octanol–water partition coefficient (Wildman–Crippen LogP) is 3.91. The maximum absolute atomic E-state index is 5.72. The van der Waals surface area contributed by atoms with Gasteiger partial charge in [-0.15, -0.1) is 11.8 Å². The maximum atomic E-state index is 5.72. The van der Waals surface area contributed by atoms with E-state index in [4.69, 9.17) is 5.84 Å². The van der Waals surface area contributed by atoms with Crippen LogP contribution in [-0.2, 0) is 0 Å². The molecular weight excluding hydrogens is 264 g/mol. The van der Waals surface area contributed by atoms with E-state index in [2.05, 4.69) is 68.7 Å². The SMILES string of the molecule is Cc1cccc(SCC(NN)c2ccc(C)c(C)c2)c1. The molecule has 2 rings (SSSR count). The Morgan fingerprint density at radius 2 is 1.85 bits per heavy atom. The molecule has 20 heavy (non-hydrogen) atoms. The zero-order valence-corrected chi connectivity index (χ0v) is 13.1. The highest BCUT2D eigenvalue weighted by Crippen LogP contribution is 2.26. The van der Waals surface area contributed by atoms with E-state index in [1.54, 1.807) is 0 Å². The van der Waals surface area contributed by atoms with E-state index < -0.39 is 0 Å². The first kappa shape index (κ1) is 15.1. The van der Waals surface area contributed by atoms with Gasteiger partial charge in [0.05, 0.1) is 6.04 Å². The Bertz CT molecular complexity index is 581. The maximum Gasteiger partial charge on any atom is 0.0554 e. The van der Waals surface area contributed by atoms with Gasteiger partial charge < -0.3 is 0 Å². The monoisotopic (exact) mass is 286 g/mol. The predicted molar refractivity (Wildman–Crippen MR) is 87.9 cm³/mol. The summed E-state index contributed by atoms with van der Waals surface area (Å²) in [4.78, 5) is 1.29. The molecule has 2 aromatic carbocycles. The van der Waals surface area contributed by atoms with Crippen molar-refractivity contribution >= 4 is 11.8 Å². The molecule has 0 heterocycles. The molecule has 0 spiro atoms. The molecule has 3 N–H and O–H groups in total. The molecule has 3 heteroatoms. The second-order valence-corrected chi connectivity index (χ2v) is 6.28. The van der Waals surface area contributed by atoms with Crippen LogP contribution in [0, 0.1) is 20.8 Å². The standard InChI is InChI=1S/C17H22N2S/c1-12-5-4-6-16(9-12)20-11-17(19-18)15-8-7-13(2)14(3)10-15/h4-10,17,19H,11,18H2,1-3H3. The fourth-order valence-corrected chi connectivity index (χ4v) is 3.20. The van der Waals surface area contributed by atoms with Gasteiger partial charge in [0.1, 0.15) is 0 Å². The van der Waals surface area contributed by atoms with Crippen LogP contribution in [0.4, 0.5) is 0 Å². The van der Waals surface area contributed by atoms with E-state index in [9.17, 15) is 0 Å². The van der Waals surface area contributed by atoms with Crippen LogP contribution in [0.5, 0.6) is 0 Å². The number of hydrogen-bond acceptors (Lipinski definition) is 3. The second kappa shape index (κ2) is 6.93. The number of aryl methyl sites for hydroxylation is 3. The molecule has 1 unspecified atom stereocenters. The van der Waals surface area contributed by atoms with Gasteiger partial charge in [-0.1, -0.05) is 35.9 Å². The van der Waals surface area contributed by atoms with Crippen LogP contribution in [0.3, 0.4) is 0 Å². The molecule has 0 aliphatic heterocycles. The highest BCUT2D eigenvalue weighted by molar-refractivity contribution is 7.99. The molecule has 2 nitrogen and oxygen atoms in total. The zero-order valence-electron chi connectivity index (χ0n) is 12.3. The van der Waals surface area contributed by atoms with Crippen molar-refractivity contribution < 1.29 is 0 Å². The number of hydrazine groups is 1. The normalized spacial score (nSPS) is 12.4. The molecule has 0 fully saturated rings. The highest BCUT2D eigenvalue weighted by atomic mass is 32.2. The Kier molecular flexibility index (Phi) is 5.24. The van der Waals surface area contributed by atoms with Crippen molar-refractivity contribution in [3.8, 4) is 0 Å². The minimum Gasteiger partial charge on any atom is -0.271 e. The molecule has 0 bridgehead atoms. The van der Waals surface area contributed by atoms with E-state index in [0.717, 1.165) is 5.75 Å². The highest BCUT2D eigenvalue weighted by Gasteiger charge is 2.11. The topological polar surface area (TPSA) is 38.0 Å². The molecule has 0 aliphatic carbocycles. The van der Waals surface area contributed by atoms with E-state index in [-0.39, 0.29) is 6.04 Å². The van der Waals surface area contributed by atoms with E-state index in [1.165, 1.54) is 27.1 Å². The first-order valence-corrected chi connectivity index (χ1v) is 7.81. The minimum absolute atomic E-state index is 0.166. The van der Waals surface area contributed by atoms with E-state index >= 15 is 0 Å². The van der Waals surface area contributed by atoms with Crippen molar-refractivity contribution in [3.05, 3.63) is 64.7 Å². The van der Waals surface area contributed by atoms with Crippen molar-refractivity contribution in [2.24, 2.45) is 5.84 Å². The Morgan fingerprint density at radius 1 is 1.05 bits per heavy atom. The lowest BCUT2D eigenvalue weighted by Crippen LogP contribution is -2.29. The molecule has 106 valence electrons. The number of nitrogens with two attached hydrogens (primary N) is 1. The summed E-state index contributed by atoms with van der Waals surface area (Å²) in [7, 11) is 0. The van der Waals surface area contributed by atoms with Crippen LogP contribution in [0.15, 0.2) is 47.4 Å². The molecule has 0 radical (unpaired) electrons. The number of rotatable bonds is 5. The van der Waals surface area contributed by atoms with Gasteiger partial charge in [-0.25, -0.2) is 0 Å². The Morgan fingerprint density at radius 3 is 2.50 bits per heavy atom. The van der Waals surface area contributed by atoms with Gasteiger partial charge in [-0.2, -0.15) is 0 Å². The summed E-state index contributed by atoms with van der Waals surface area (Å²) in [5.41, 5.74) is 8.09. The molecular formula is C17H22N2S. The third kappa shape index (κ3) is 3.85. The smallest absolute Gasteiger partial charge is 0.0554 e. The zero-order chi connectivity index (χ0) is 14.5. The van der Waals surface area contributed by atoms with Gasteiger partial charge in [0.2, 0.25) is 0 Å². The summed E-state index contributed by atoms with van der Waals surface area (Å²) in [5.74, 6) is 6.64. The van der Waals surface area contributed by atoms with Crippen molar-refractivity contribution in [1.82, 2.24) is 5.43 Å². The number of hydrogen-bond donors (Lipinski definition) is 2. The fourth-order valence-electron chi connectivity index (χ4n) is 2.11. The fraction of sp³-hybridized carbons (Fsp3) is 0.294. The molecule has 2 aromatic rings. The van der Waals surface area contributed by atoms with Gasteiger partial charge in [0, 0.05) is 10.6 Å². The van der Waals surface area contributed by atoms with Crippen molar-refractivity contribution in [2.45, 2.75) is 31.7 Å². The lowest BCUT2D eigenvalue weighted by Gasteiger charge is -2.17.